The highest BCUT2D eigenvalue weighted by Gasteiger charge is 2.71. The Balaban J connectivity index is 1.07. The predicted molar refractivity (Wildman–Crippen MR) is 215 cm³/mol. The van der Waals surface area contributed by atoms with E-state index in [0.717, 1.165) is 57.8 Å². The van der Waals surface area contributed by atoms with Crippen molar-refractivity contribution in [2.24, 2.45) is 62.1 Å². The molecule has 1 aromatic rings. The van der Waals surface area contributed by atoms with Crippen LogP contribution in [0.15, 0.2) is 16.7 Å². The Bertz CT molecular complexity index is 1790. The third kappa shape index (κ3) is 7.06. The van der Waals surface area contributed by atoms with Crippen LogP contribution in [-0.4, -0.2) is 74.5 Å². The molecule has 1 saturated heterocycles. The number of carboxylic acid groups (broad SMARTS) is 1. The maximum Gasteiger partial charge on any atom is 0.306 e. The quantitative estimate of drug-likeness (QED) is 0.183. The van der Waals surface area contributed by atoms with Crippen LogP contribution in [0.3, 0.4) is 0 Å². The summed E-state index contributed by atoms with van der Waals surface area (Å²) in [6, 6.07) is 0. The van der Waals surface area contributed by atoms with E-state index in [1.54, 1.807) is 16.7 Å². The molecule has 5 saturated carbocycles. The number of amides is 2. The van der Waals surface area contributed by atoms with Crippen molar-refractivity contribution in [3.8, 4) is 0 Å². The lowest BCUT2D eigenvalue weighted by molar-refractivity contribution is -0.250. The largest absolute Gasteiger partial charge is 0.481 e. The van der Waals surface area contributed by atoms with Crippen LogP contribution in [0.25, 0.3) is 0 Å². The number of ether oxygens (including phenoxy) is 1. The van der Waals surface area contributed by atoms with Gasteiger partial charge in [0.05, 0.1) is 25.9 Å². The molecule has 316 valence electrons. The molecule has 6 aliphatic rings. The summed E-state index contributed by atoms with van der Waals surface area (Å²) in [5.41, 5.74) is 0.688. The highest BCUT2D eigenvalue weighted by atomic mass is 16.5. The molecular weight excluding hydrogens is 721 g/mol. The van der Waals surface area contributed by atoms with Crippen LogP contribution in [0.5, 0.6) is 0 Å². The second kappa shape index (κ2) is 14.5. The molecule has 57 heavy (non-hydrogen) atoms. The van der Waals surface area contributed by atoms with Crippen LogP contribution in [0.1, 0.15) is 151 Å². The van der Waals surface area contributed by atoms with Crippen LogP contribution >= 0.6 is 0 Å². The van der Waals surface area contributed by atoms with Crippen molar-refractivity contribution in [1.82, 2.24) is 19.9 Å². The van der Waals surface area contributed by atoms with Crippen molar-refractivity contribution in [3.63, 3.8) is 0 Å². The number of carboxylic acids is 1. The second-order valence-corrected chi connectivity index (χ2v) is 21.8. The minimum Gasteiger partial charge on any atom is -0.481 e. The molecule has 1 aromatic heterocycles. The van der Waals surface area contributed by atoms with E-state index in [1.165, 1.54) is 12.0 Å². The molecule has 0 bridgehead atoms. The fourth-order valence-electron chi connectivity index (χ4n) is 14.9. The molecule has 0 aromatic carbocycles. The number of fused-ring (bicyclic) bond motifs is 7. The fraction of sp³-hybridized carbons (Fsp3) is 0.826. The summed E-state index contributed by atoms with van der Waals surface area (Å²) in [7, 11) is 0. The van der Waals surface area contributed by atoms with Crippen LogP contribution in [-0.2, 0) is 30.5 Å². The van der Waals surface area contributed by atoms with E-state index in [1.807, 2.05) is 13.8 Å². The van der Waals surface area contributed by atoms with Crippen LogP contribution < -0.4 is 0 Å². The molecular formula is C46H70N4O7. The number of carbonyl (C=O) groups is 4. The summed E-state index contributed by atoms with van der Waals surface area (Å²) >= 11 is 0. The number of esters is 1. The number of hydrogen-bond acceptors (Lipinski definition) is 8. The highest BCUT2D eigenvalue weighted by Crippen LogP contribution is 2.78. The minimum atomic E-state index is -0.896. The smallest absolute Gasteiger partial charge is 0.306 e. The van der Waals surface area contributed by atoms with Crippen molar-refractivity contribution < 1.29 is 33.5 Å². The van der Waals surface area contributed by atoms with Gasteiger partial charge in [0.2, 0.25) is 17.7 Å². The molecule has 7 rings (SSSR count). The van der Waals surface area contributed by atoms with Crippen LogP contribution in [0.4, 0.5) is 0 Å². The molecule has 1 N–H and O–H groups in total. The molecule has 11 nitrogen and oxygen atoms in total. The number of aryl methyl sites for hydroxylation is 1. The number of aromatic nitrogens is 2. The Hall–Kier alpha value is -3.24. The van der Waals surface area contributed by atoms with E-state index in [-0.39, 0.29) is 70.3 Å². The topological polar surface area (TPSA) is 143 Å². The zero-order chi connectivity index (χ0) is 41.5. The number of piperazine rings is 1. The van der Waals surface area contributed by atoms with Crippen molar-refractivity contribution in [2.45, 2.75) is 158 Å². The molecule has 1 aliphatic heterocycles. The van der Waals surface area contributed by atoms with Gasteiger partial charge >= 0.3 is 11.9 Å². The number of aliphatic carboxylic acids is 1. The van der Waals surface area contributed by atoms with E-state index < -0.39 is 11.4 Å². The van der Waals surface area contributed by atoms with Gasteiger partial charge in [0.15, 0.2) is 5.82 Å². The van der Waals surface area contributed by atoms with E-state index in [2.05, 4.69) is 58.3 Å². The number of allylic oxidation sites excluding steroid dienone is 1. The number of carbonyl (C=O) groups excluding carboxylic acids is 3. The first-order valence-electron chi connectivity index (χ1n) is 22.0. The Kier molecular flexibility index (Phi) is 10.7. The molecule has 0 radical (unpaired) electrons. The molecule has 11 heteroatoms. The van der Waals surface area contributed by atoms with E-state index in [4.69, 9.17) is 9.26 Å². The van der Waals surface area contributed by atoms with E-state index in [0.29, 0.717) is 67.4 Å². The third-order valence-electron chi connectivity index (χ3n) is 17.8. The van der Waals surface area contributed by atoms with Gasteiger partial charge in [-0.1, -0.05) is 65.8 Å². The maximum atomic E-state index is 14.3. The molecule has 2 amide bonds. The van der Waals surface area contributed by atoms with Gasteiger partial charge in [0.25, 0.3) is 0 Å². The van der Waals surface area contributed by atoms with Crippen molar-refractivity contribution in [1.29, 1.82) is 0 Å². The zero-order valence-electron chi connectivity index (χ0n) is 36.4. The zero-order valence-corrected chi connectivity index (χ0v) is 36.4. The van der Waals surface area contributed by atoms with Crippen LogP contribution in [0, 0.1) is 69.0 Å². The van der Waals surface area contributed by atoms with Gasteiger partial charge in [-0.2, -0.15) is 4.98 Å². The maximum absolute atomic E-state index is 14.3. The summed E-state index contributed by atoms with van der Waals surface area (Å²) in [6.07, 6.45) is 11.1. The lowest BCUT2D eigenvalue weighted by atomic mass is 9.32. The summed E-state index contributed by atoms with van der Waals surface area (Å²) in [5.74, 6) is 2.09. The standard InChI is InChI=1S/C46H70N4O7/c1-28(2)30-13-18-46(23-36(51)50-22-21-49(37(52)27-50)26-35-47-29(3)57-48-35)20-19-44(9)31(40(30)46)11-12-33-43(8)16-15-34(42(6,7)32(43)14-17-45(33,44)10)56-39(55)25-41(4,5)24-38(53)54/h30-34,40H,1,11-27H2,2-10H3,(H,53,54)/t30-,31+,32-,33+,34-,40+,43-,44+,45+,46+/m0/s1. The normalized spacial score (nSPS) is 38.7. The second-order valence-electron chi connectivity index (χ2n) is 21.8. The molecule has 5 aliphatic carbocycles. The molecule has 6 fully saturated rings. The molecule has 10 atom stereocenters. The summed E-state index contributed by atoms with van der Waals surface area (Å²) in [6.45, 7) is 26.0. The monoisotopic (exact) mass is 791 g/mol. The van der Waals surface area contributed by atoms with E-state index in [9.17, 15) is 24.3 Å². The van der Waals surface area contributed by atoms with Crippen LogP contribution in [0.2, 0.25) is 0 Å². The predicted octanol–water partition coefficient (Wildman–Crippen LogP) is 8.40. The Labute approximate surface area is 340 Å². The lowest BCUT2D eigenvalue weighted by Gasteiger charge is -2.73. The van der Waals surface area contributed by atoms with Crippen molar-refractivity contribution >= 4 is 23.8 Å². The van der Waals surface area contributed by atoms with Gasteiger partial charge in [-0.25, -0.2) is 0 Å². The number of nitrogens with zero attached hydrogens (tertiary/aromatic N) is 4. The molecule has 2 heterocycles. The fourth-order valence-corrected chi connectivity index (χ4v) is 14.9. The molecule has 0 unspecified atom stereocenters. The average molecular weight is 791 g/mol. The lowest BCUT2D eigenvalue weighted by Crippen LogP contribution is -2.67. The number of hydrogen-bond donors (Lipinski definition) is 1. The van der Waals surface area contributed by atoms with Crippen molar-refractivity contribution in [2.75, 3.05) is 19.6 Å². The van der Waals surface area contributed by atoms with Gasteiger partial charge in [0, 0.05) is 31.8 Å². The minimum absolute atomic E-state index is 0.0647. The Morgan fingerprint density at radius 1 is 0.930 bits per heavy atom. The van der Waals surface area contributed by atoms with E-state index >= 15 is 0 Å². The first-order chi connectivity index (χ1) is 26.5. The van der Waals surface area contributed by atoms with Gasteiger partial charge in [-0.3, -0.25) is 19.2 Å². The Morgan fingerprint density at radius 3 is 2.32 bits per heavy atom. The molecule has 0 spiro atoms. The summed E-state index contributed by atoms with van der Waals surface area (Å²) in [4.78, 5) is 60.1. The first-order valence-corrected chi connectivity index (χ1v) is 22.0. The summed E-state index contributed by atoms with van der Waals surface area (Å²) in [5, 5.41) is 13.3. The Morgan fingerprint density at radius 2 is 1.67 bits per heavy atom. The van der Waals surface area contributed by atoms with Crippen molar-refractivity contribution in [3.05, 3.63) is 23.9 Å². The van der Waals surface area contributed by atoms with Gasteiger partial charge in [-0.05, 0) is 128 Å². The highest BCUT2D eigenvalue weighted by molar-refractivity contribution is 5.86. The van der Waals surface area contributed by atoms with Gasteiger partial charge in [0.1, 0.15) is 6.10 Å². The SMILES string of the molecule is C=C(C)[C@@H]1CC[C@]2(CC(=O)N3CCN(Cc4noc(C)n4)C(=O)C3)CC[C@]3(C)[C@H](CC[C@@H]4[C@@]5(C)CC[C@H](OC(=O)CC(C)(C)CC(=O)O)C(C)(C)[C@@H]5CC[C@]43C)[C@@H]12. The third-order valence-corrected chi connectivity index (χ3v) is 17.8. The van der Waals surface area contributed by atoms with Gasteiger partial charge in [-0.15, -0.1) is 0 Å². The van der Waals surface area contributed by atoms with Gasteiger partial charge < -0.3 is 24.2 Å². The average Bonchev–Trinajstić information content (AvgIpc) is 3.69. The first kappa shape index (κ1) is 41.9. The summed E-state index contributed by atoms with van der Waals surface area (Å²) < 4.78 is 11.4. The number of rotatable bonds is 10.